The molecule has 0 bridgehead atoms. The quantitative estimate of drug-likeness (QED) is 0.318. The Morgan fingerprint density at radius 1 is 1.05 bits per heavy atom. The van der Waals surface area contributed by atoms with Crippen LogP contribution in [0.2, 0.25) is 0 Å². The van der Waals surface area contributed by atoms with Crippen LogP contribution in [0.25, 0.3) is 22.6 Å². The standard InChI is InChI=1S/C27H28N2O6S2/c1-32-27(12-15-33-16-13-27)21-17-24(36-18-21)34-14-11-23-29-25(19-5-3-2-4-6-19)26(35-23)20-7-9-22(10-8-20)37(28,30)31/h2-10,17-18H,11-16H2,1H3,(H2,28,30,31). The molecule has 1 fully saturated rings. The predicted molar refractivity (Wildman–Crippen MR) is 141 cm³/mol. The maximum absolute atomic E-state index is 11.7. The second-order valence-electron chi connectivity index (χ2n) is 8.78. The van der Waals surface area contributed by atoms with E-state index in [1.807, 2.05) is 36.4 Å². The van der Waals surface area contributed by atoms with Crippen LogP contribution in [0.5, 0.6) is 5.06 Å². The summed E-state index contributed by atoms with van der Waals surface area (Å²) in [5, 5.41) is 8.14. The first-order chi connectivity index (χ1) is 17.9. The Morgan fingerprint density at radius 2 is 1.78 bits per heavy atom. The van der Waals surface area contributed by atoms with E-state index in [-0.39, 0.29) is 10.5 Å². The van der Waals surface area contributed by atoms with Gasteiger partial charge >= 0.3 is 0 Å². The molecule has 2 aromatic heterocycles. The second kappa shape index (κ2) is 10.8. The van der Waals surface area contributed by atoms with Gasteiger partial charge in [-0.3, -0.25) is 0 Å². The highest BCUT2D eigenvalue weighted by Gasteiger charge is 2.35. The highest BCUT2D eigenvalue weighted by atomic mass is 32.2. The van der Waals surface area contributed by atoms with Crippen LogP contribution in [0, 0.1) is 0 Å². The molecule has 1 saturated heterocycles. The lowest BCUT2D eigenvalue weighted by Gasteiger charge is -2.35. The van der Waals surface area contributed by atoms with Crippen molar-refractivity contribution in [1.82, 2.24) is 4.98 Å². The maximum atomic E-state index is 11.7. The molecule has 0 aliphatic carbocycles. The number of hydrogen-bond acceptors (Lipinski definition) is 8. The Kier molecular flexibility index (Phi) is 7.45. The number of benzene rings is 2. The molecular formula is C27H28N2O6S2. The van der Waals surface area contributed by atoms with Gasteiger partial charge in [0.2, 0.25) is 10.0 Å². The number of hydrogen-bond donors (Lipinski definition) is 1. The summed E-state index contributed by atoms with van der Waals surface area (Å²) in [7, 11) is -2.04. The highest BCUT2D eigenvalue weighted by molar-refractivity contribution is 7.89. The van der Waals surface area contributed by atoms with Crippen LogP contribution < -0.4 is 9.88 Å². The van der Waals surface area contributed by atoms with Crippen molar-refractivity contribution in [3.05, 3.63) is 77.5 Å². The van der Waals surface area contributed by atoms with E-state index in [4.69, 9.17) is 28.8 Å². The van der Waals surface area contributed by atoms with Gasteiger partial charge in [-0.15, -0.1) is 11.3 Å². The highest BCUT2D eigenvalue weighted by Crippen LogP contribution is 2.40. The minimum absolute atomic E-state index is 0.0389. The summed E-state index contributed by atoms with van der Waals surface area (Å²) in [6.07, 6.45) is 2.10. The summed E-state index contributed by atoms with van der Waals surface area (Å²) in [4.78, 5) is 4.78. The molecule has 194 valence electrons. The molecule has 37 heavy (non-hydrogen) atoms. The molecule has 3 heterocycles. The molecule has 8 nitrogen and oxygen atoms in total. The van der Waals surface area contributed by atoms with Gasteiger partial charge in [0.1, 0.15) is 5.69 Å². The molecule has 1 aliphatic rings. The SMILES string of the molecule is COC1(c2csc(OCCc3nc(-c4ccccc4)c(-c4ccc(S(N)(=O)=O)cc4)o3)c2)CCOCC1. The molecule has 0 unspecified atom stereocenters. The fourth-order valence-corrected chi connectivity index (χ4v) is 5.82. The predicted octanol–water partition coefficient (Wildman–Crippen LogP) is 4.99. The average Bonchev–Trinajstić information content (AvgIpc) is 3.57. The van der Waals surface area contributed by atoms with Gasteiger partial charge in [0.15, 0.2) is 16.7 Å². The molecule has 0 radical (unpaired) electrons. The third-order valence-electron chi connectivity index (χ3n) is 6.52. The normalized spacial score (nSPS) is 15.5. The van der Waals surface area contributed by atoms with Gasteiger partial charge in [0.25, 0.3) is 0 Å². The molecule has 4 aromatic rings. The lowest BCUT2D eigenvalue weighted by molar-refractivity contribution is -0.0946. The molecule has 0 atom stereocenters. The molecule has 0 spiro atoms. The van der Waals surface area contributed by atoms with Crippen molar-refractivity contribution in [3.8, 4) is 27.6 Å². The summed E-state index contributed by atoms with van der Waals surface area (Å²) in [6, 6.07) is 18.0. The van der Waals surface area contributed by atoms with Gasteiger partial charge in [-0.05, 0) is 35.9 Å². The Hall–Kier alpha value is -3.02. The molecule has 0 saturated carbocycles. The number of nitrogens with zero attached hydrogens (tertiary/aromatic N) is 1. The van der Waals surface area contributed by atoms with Gasteiger partial charge in [0, 0.05) is 49.7 Å². The minimum atomic E-state index is -3.78. The Balaban J connectivity index is 1.33. The minimum Gasteiger partial charge on any atom is -0.483 e. The Bertz CT molecular complexity index is 1440. The largest absolute Gasteiger partial charge is 0.483 e. The topological polar surface area (TPSA) is 114 Å². The lowest BCUT2D eigenvalue weighted by atomic mass is 9.88. The van der Waals surface area contributed by atoms with Crippen LogP contribution in [0.1, 0.15) is 24.3 Å². The van der Waals surface area contributed by atoms with E-state index in [2.05, 4.69) is 5.38 Å². The number of sulfonamides is 1. The van der Waals surface area contributed by atoms with Gasteiger partial charge in [-0.1, -0.05) is 30.3 Å². The van der Waals surface area contributed by atoms with Crippen LogP contribution in [-0.4, -0.2) is 40.3 Å². The first-order valence-electron chi connectivity index (χ1n) is 11.9. The number of primary sulfonamides is 1. The first-order valence-corrected chi connectivity index (χ1v) is 14.3. The zero-order valence-electron chi connectivity index (χ0n) is 20.4. The Labute approximate surface area is 220 Å². The van der Waals surface area contributed by atoms with Crippen molar-refractivity contribution in [1.29, 1.82) is 0 Å². The summed E-state index contributed by atoms with van der Waals surface area (Å²) >= 11 is 1.54. The Morgan fingerprint density at radius 3 is 2.46 bits per heavy atom. The van der Waals surface area contributed by atoms with E-state index in [1.54, 1.807) is 30.6 Å². The van der Waals surface area contributed by atoms with Crippen LogP contribution >= 0.6 is 11.3 Å². The van der Waals surface area contributed by atoms with E-state index in [0.717, 1.165) is 29.0 Å². The van der Waals surface area contributed by atoms with Gasteiger partial charge in [-0.2, -0.15) is 0 Å². The average molecular weight is 541 g/mol. The fraction of sp³-hybridized carbons (Fsp3) is 0.296. The fourth-order valence-electron chi connectivity index (χ4n) is 4.44. The summed E-state index contributed by atoms with van der Waals surface area (Å²) < 4.78 is 46.9. The van der Waals surface area contributed by atoms with E-state index in [1.165, 1.54) is 12.1 Å². The molecule has 0 amide bonds. The van der Waals surface area contributed by atoms with Crippen molar-refractivity contribution in [3.63, 3.8) is 0 Å². The van der Waals surface area contributed by atoms with E-state index < -0.39 is 10.0 Å². The van der Waals surface area contributed by atoms with Crippen molar-refractivity contribution in [2.24, 2.45) is 5.14 Å². The third-order valence-corrected chi connectivity index (χ3v) is 8.29. The van der Waals surface area contributed by atoms with Crippen LogP contribution in [0.15, 0.2) is 75.4 Å². The van der Waals surface area contributed by atoms with E-state index in [9.17, 15) is 8.42 Å². The number of methoxy groups -OCH3 is 1. The zero-order chi connectivity index (χ0) is 25.9. The molecular weight excluding hydrogens is 512 g/mol. The maximum Gasteiger partial charge on any atom is 0.238 e. The van der Waals surface area contributed by atoms with Gasteiger partial charge in [-0.25, -0.2) is 18.5 Å². The van der Waals surface area contributed by atoms with Crippen molar-refractivity contribution in [2.75, 3.05) is 26.9 Å². The lowest BCUT2D eigenvalue weighted by Crippen LogP contribution is -2.35. The molecule has 5 rings (SSSR count). The summed E-state index contributed by atoms with van der Waals surface area (Å²) in [5.74, 6) is 1.08. The molecule has 2 N–H and O–H groups in total. The first kappa shape index (κ1) is 25.6. The zero-order valence-corrected chi connectivity index (χ0v) is 22.0. The molecule has 10 heteroatoms. The number of oxazole rings is 1. The molecule has 1 aliphatic heterocycles. The van der Waals surface area contributed by atoms with Gasteiger partial charge < -0.3 is 18.6 Å². The smallest absolute Gasteiger partial charge is 0.238 e. The number of ether oxygens (including phenoxy) is 3. The monoisotopic (exact) mass is 540 g/mol. The van der Waals surface area contributed by atoms with Crippen LogP contribution in [-0.2, 0) is 31.5 Å². The molecule has 2 aromatic carbocycles. The number of nitrogens with two attached hydrogens (primary N) is 1. The number of rotatable bonds is 9. The van der Waals surface area contributed by atoms with Crippen molar-refractivity contribution < 1.29 is 27.0 Å². The summed E-state index contributed by atoms with van der Waals surface area (Å²) in [6.45, 7) is 1.75. The van der Waals surface area contributed by atoms with Crippen LogP contribution in [0.3, 0.4) is 0 Å². The number of aromatic nitrogens is 1. The van der Waals surface area contributed by atoms with Gasteiger partial charge in [0.05, 0.1) is 23.5 Å². The third kappa shape index (κ3) is 5.63. The van der Waals surface area contributed by atoms with Crippen molar-refractivity contribution in [2.45, 2.75) is 29.8 Å². The van der Waals surface area contributed by atoms with E-state index >= 15 is 0 Å². The van der Waals surface area contributed by atoms with E-state index in [0.29, 0.717) is 49.1 Å². The summed E-state index contributed by atoms with van der Waals surface area (Å²) in [5.41, 5.74) is 3.07. The van der Waals surface area contributed by atoms with Crippen molar-refractivity contribution >= 4 is 21.4 Å². The second-order valence-corrected chi connectivity index (χ2v) is 11.2. The number of thiophene rings is 1. The van der Waals surface area contributed by atoms with Crippen LogP contribution in [0.4, 0.5) is 0 Å².